The molecule has 35 nitrogen and oxygen atoms in total. The van der Waals surface area contributed by atoms with Crippen LogP contribution in [0.1, 0.15) is 86.3 Å². The molecule has 0 spiro atoms. The number of nitrogens with one attached hydrogen (secondary N) is 11. The standard InChI is InChI=1S/C81H107ClN18O17S2/c1-50(2)38-62(72(104)91-61(20-12-32-88-81(84)85)80(112)100-33-13-21-69(100)79(111)89-51(3)71(83)103)92-74(106)66(42-54-22-24-56(25-23-54)45-98-34-36-117-37-35-98)95-75(107)64(40-52-14-6-4-7-15-52)96-78(110)68(47-101)97-77(109)65(41-53-16-8-5-9-17-53)94-76(108)67(43-55-27-30-60(82)31-28-55)93-73(105)63(44-57-26-29-58-18-10-11-19-59(58)39-57)90-70(102)46-99(48-118(86,113)114)49-119(87,115)116/h4-11,14-19,22-31,39,50-51,61-69,101H,12-13,20-21,32-38,40-49H2,1-3H3,(H2,83,103)(H,89,111)(H,90,102)(H,91,104)(H,92,106)(H,93,105)(H,94,108)(H,95,107)(H,96,110)(H,97,109)(H4,84,85,88)(H2,86,113,114)(H2,87,115,116)/t51-,61+,62+,63-,64+,65-,66-,67-,68+,69+/m1/s1. The molecule has 38 heteroatoms. The highest BCUT2D eigenvalue weighted by Gasteiger charge is 2.41. The van der Waals surface area contributed by atoms with Gasteiger partial charge < -0.3 is 79.4 Å². The Balaban J connectivity index is 1.07. The molecule has 0 saturated carbocycles. The Labute approximate surface area is 696 Å². The number of primary amides is 1. The predicted octanol–water partition coefficient (Wildman–Crippen LogP) is -1.21. The molecule has 2 saturated heterocycles. The van der Waals surface area contributed by atoms with Crippen LogP contribution in [-0.2, 0) is 116 Å². The molecule has 0 bridgehead atoms. The highest BCUT2D eigenvalue weighted by atomic mass is 35.5. The number of halogens is 1. The monoisotopic (exact) mass is 1700 g/mol. The average molecular weight is 1700 g/mol. The summed E-state index contributed by atoms with van der Waals surface area (Å²) >= 11 is 6.29. The number of sulfonamides is 2. The highest BCUT2D eigenvalue weighted by Crippen LogP contribution is 2.23. The number of rotatable bonds is 44. The molecule has 6 aromatic carbocycles. The number of nitrogens with zero attached hydrogens (tertiary/aromatic N) is 3. The van der Waals surface area contributed by atoms with E-state index in [0.717, 1.165) is 16.3 Å². The van der Waals surface area contributed by atoms with Gasteiger partial charge in [-0.2, -0.15) is 0 Å². The molecule has 0 aromatic heterocycles. The summed E-state index contributed by atoms with van der Waals surface area (Å²) in [5.74, 6) is -12.7. The number of likely N-dealkylation sites (tertiary alicyclic amines) is 1. The first-order valence-corrected chi connectivity index (χ1v) is 42.8. The van der Waals surface area contributed by atoms with Crippen LogP contribution < -0.4 is 74.9 Å². The third-order valence-electron chi connectivity index (χ3n) is 19.8. The Bertz CT molecular complexity index is 4710. The number of hydrogen-bond acceptors (Lipinski definition) is 20. The van der Waals surface area contributed by atoms with E-state index < -0.39 is 170 Å². The van der Waals surface area contributed by atoms with E-state index in [1.54, 1.807) is 123 Å². The predicted molar refractivity (Wildman–Crippen MR) is 445 cm³/mol. The van der Waals surface area contributed by atoms with Crippen LogP contribution in [0.2, 0.25) is 5.02 Å². The lowest BCUT2D eigenvalue weighted by Crippen LogP contribution is -2.62. The van der Waals surface area contributed by atoms with Gasteiger partial charge in [0, 0.05) is 69.9 Å². The first-order chi connectivity index (χ1) is 56.5. The number of guanidine groups is 1. The summed E-state index contributed by atoms with van der Waals surface area (Å²) in [6, 6.07) is 28.2. The lowest BCUT2D eigenvalue weighted by molar-refractivity contribution is -0.142. The van der Waals surface area contributed by atoms with E-state index in [9.17, 15) is 55.5 Å². The normalized spacial score (nSPS) is 16.0. The van der Waals surface area contributed by atoms with Gasteiger partial charge >= 0.3 is 0 Å². The number of hydrogen-bond donors (Lipinski definition) is 16. The van der Waals surface area contributed by atoms with Crippen LogP contribution in [0, 0.1) is 11.3 Å². The summed E-state index contributed by atoms with van der Waals surface area (Å²) in [7, 11) is -8.90. The zero-order chi connectivity index (χ0) is 86.5. The largest absolute Gasteiger partial charge is 0.394 e. The van der Waals surface area contributed by atoms with Crippen LogP contribution in [0.25, 0.3) is 10.8 Å². The van der Waals surface area contributed by atoms with Gasteiger partial charge in [-0.1, -0.05) is 165 Å². The Morgan fingerprint density at radius 1 is 0.521 bits per heavy atom. The van der Waals surface area contributed by atoms with Crippen LogP contribution in [-0.4, -0.2) is 232 Å². The molecule has 0 radical (unpaired) electrons. The van der Waals surface area contributed by atoms with Gasteiger partial charge in [-0.15, -0.1) is 0 Å². The van der Waals surface area contributed by atoms with E-state index in [0.29, 0.717) is 77.0 Å². The molecular weight excluding hydrogens is 1600 g/mol. The fraction of sp³-hybridized carbons (Fsp3) is 0.432. The van der Waals surface area contributed by atoms with Crippen molar-refractivity contribution in [3.05, 3.63) is 190 Å². The smallest absolute Gasteiger partial charge is 0.245 e. The van der Waals surface area contributed by atoms with Crippen LogP contribution in [0.5, 0.6) is 0 Å². The Morgan fingerprint density at radius 3 is 1.43 bits per heavy atom. The number of benzene rings is 6. The van der Waals surface area contributed by atoms with Gasteiger partial charge in [0.05, 0.1) is 26.4 Å². The SMILES string of the molecule is CC(C)C[C@H](NC(=O)[C@@H](Cc1ccc(CN2CCOCC2)cc1)NC(=O)[C@H](Cc1ccccc1)NC(=O)[C@H](CO)NC(=O)[C@@H](Cc1ccccc1)NC(=O)[C@@H](Cc1ccc(Cl)cc1)NC(=O)[C@@H](Cc1ccc2ccccc2c1)NC(=O)CN(CS(N)(=O)=O)CS(N)(=O)=O)C(=O)N[C@@H](CCCNC(=N)N)C(=O)N1CCC[C@H]1C(=O)N[C@H](C)C(N)=O. The lowest BCUT2D eigenvalue weighted by atomic mass is 9.99. The highest BCUT2D eigenvalue weighted by molar-refractivity contribution is 7.89. The zero-order valence-corrected chi connectivity index (χ0v) is 68.8. The maximum Gasteiger partial charge on any atom is 0.245 e. The third kappa shape index (κ3) is 31.3. The lowest BCUT2D eigenvalue weighted by Gasteiger charge is -2.31. The van der Waals surface area contributed by atoms with E-state index >= 15 is 19.2 Å². The molecule has 10 atom stereocenters. The van der Waals surface area contributed by atoms with Crippen molar-refractivity contribution < 1.29 is 79.4 Å². The number of aliphatic hydroxyl groups is 1. The average Bonchev–Trinajstić information content (AvgIpc) is 1.80. The maximum atomic E-state index is 15.3. The van der Waals surface area contributed by atoms with Crippen molar-refractivity contribution in [2.75, 3.05) is 64.3 Å². The van der Waals surface area contributed by atoms with Crippen molar-refractivity contribution in [3.8, 4) is 0 Å². The number of morpholine rings is 1. The fourth-order valence-corrected chi connectivity index (χ4v) is 15.4. The second-order valence-corrected chi connectivity index (χ2v) is 33.7. The van der Waals surface area contributed by atoms with Gasteiger partial charge in [0.15, 0.2) is 5.96 Å². The molecule has 2 aliphatic rings. The fourth-order valence-electron chi connectivity index (χ4n) is 13.8. The van der Waals surface area contributed by atoms with Gasteiger partial charge in [0.2, 0.25) is 85.0 Å². The molecule has 2 heterocycles. The minimum atomic E-state index is -4.45. The van der Waals surface area contributed by atoms with Gasteiger partial charge in [0.1, 0.15) is 72.2 Å². The zero-order valence-electron chi connectivity index (χ0n) is 66.5. The minimum absolute atomic E-state index is 0.00140. The molecule has 0 unspecified atom stereocenters. The summed E-state index contributed by atoms with van der Waals surface area (Å²) in [5, 5.41) is 58.1. The second kappa shape index (κ2) is 45.2. The summed E-state index contributed by atoms with van der Waals surface area (Å²) in [4.78, 5) is 164. The number of nitrogens with two attached hydrogens (primary N) is 4. The third-order valence-corrected chi connectivity index (χ3v) is 21.5. The quantitative estimate of drug-likeness (QED) is 0.0121. The molecule has 2 fully saturated rings. The van der Waals surface area contributed by atoms with E-state index in [1.807, 2.05) is 30.3 Å². The molecular formula is C81H107ClN18O17S2. The second-order valence-electron chi connectivity index (χ2n) is 30.1. The summed E-state index contributed by atoms with van der Waals surface area (Å²) in [6.45, 7) is 6.31. The molecule has 6 aromatic rings. The van der Waals surface area contributed by atoms with E-state index in [2.05, 4.69) is 58.1 Å². The number of carbonyl (C=O) groups excluding carboxylic acids is 11. The number of fused-ring (bicyclic) bond motifs is 1. The van der Waals surface area contributed by atoms with Crippen molar-refractivity contribution in [2.24, 2.45) is 27.7 Å². The molecule has 119 heavy (non-hydrogen) atoms. The van der Waals surface area contributed by atoms with Gasteiger partial charge in [-0.25, -0.2) is 27.1 Å². The number of aliphatic hydroxyl groups excluding tert-OH is 1. The Morgan fingerprint density at radius 2 is 0.941 bits per heavy atom. The number of ether oxygens (including phenoxy) is 1. The summed E-state index contributed by atoms with van der Waals surface area (Å²) in [5.41, 5.74) is 14.4. The Hall–Kier alpha value is -11.0. The summed E-state index contributed by atoms with van der Waals surface area (Å²) < 4.78 is 54.5. The van der Waals surface area contributed by atoms with Gasteiger partial charge in [-0.05, 0) is 101 Å². The minimum Gasteiger partial charge on any atom is -0.394 e. The van der Waals surface area contributed by atoms with Crippen molar-refractivity contribution in [1.29, 1.82) is 5.41 Å². The number of carbonyl (C=O) groups is 11. The van der Waals surface area contributed by atoms with E-state index in [4.69, 9.17) is 43.5 Å². The maximum absolute atomic E-state index is 15.3. The summed E-state index contributed by atoms with van der Waals surface area (Å²) in [6.07, 6.45) is -0.456. The van der Waals surface area contributed by atoms with Crippen LogP contribution in [0.15, 0.2) is 152 Å². The molecule has 642 valence electrons. The number of amides is 11. The van der Waals surface area contributed by atoms with Gasteiger partial charge in [-0.3, -0.25) is 67.9 Å². The molecule has 20 N–H and O–H groups in total. The van der Waals surface area contributed by atoms with Crippen molar-refractivity contribution in [3.63, 3.8) is 0 Å². The van der Waals surface area contributed by atoms with Crippen LogP contribution in [0.3, 0.4) is 0 Å². The van der Waals surface area contributed by atoms with Crippen molar-refractivity contribution >= 4 is 113 Å². The van der Waals surface area contributed by atoms with Crippen molar-refractivity contribution in [1.82, 2.24) is 67.9 Å². The van der Waals surface area contributed by atoms with E-state index in [-0.39, 0.29) is 82.8 Å². The van der Waals surface area contributed by atoms with Gasteiger partial charge in [0.25, 0.3) is 0 Å². The topological polar surface area (TPSA) is 543 Å². The van der Waals surface area contributed by atoms with Crippen molar-refractivity contribution in [2.45, 2.75) is 152 Å². The van der Waals surface area contributed by atoms with Crippen LogP contribution >= 0.6 is 11.6 Å². The number of primary sulfonamides is 2. The molecule has 0 aliphatic carbocycles. The molecule has 2 aliphatic heterocycles. The molecule has 11 amide bonds. The first-order valence-electron chi connectivity index (χ1n) is 39.0. The van der Waals surface area contributed by atoms with E-state index in [1.165, 1.54) is 24.0 Å². The first kappa shape index (κ1) is 93.5. The van der Waals surface area contributed by atoms with Crippen LogP contribution in [0.4, 0.5) is 0 Å². The molecule has 8 rings (SSSR count). The Kier molecular flexibility index (Phi) is 35.5.